The standard InChI is InChI=1S/C29H26N4O3.C2HF3O2/c1-35-22-10-11-24(28(16-22)36-2)25-15-20(9-12-27(25)32-21-6-5-13-30-18-21)33-29(34)14-19-17-31-26-8-4-3-7-23(19)26;3-2(4,5)1(6)7/h3-13,15-18,31-32H,14H2,1-2H3,(H,33,34);(H,6,7). The molecule has 0 unspecified atom stereocenters. The summed E-state index contributed by atoms with van der Waals surface area (Å²) in [4.78, 5) is 29.3. The number of pyridine rings is 1. The molecule has 12 heteroatoms. The summed E-state index contributed by atoms with van der Waals surface area (Å²) in [6, 6.07) is 23.2. The third-order valence-electron chi connectivity index (χ3n) is 6.21. The number of carbonyl (C=O) groups excluding carboxylic acids is 1. The van der Waals surface area contributed by atoms with Crippen molar-refractivity contribution in [3.63, 3.8) is 0 Å². The van der Waals surface area contributed by atoms with Crippen LogP contribution in [0.2, 0.25) is 0 Å². The minimum absolute atomic E-state index is 0.0969. The second-order valence-corrected chi connectivity index (χ2v) is 9.08. The highest BCUT2D eigenvalue weighted by Gasteiger charge is 2.38. The Morgan fingerprint density at radius 2 is 1.70 bits per heavy atom. The van der Waals surface area contributed by atoms with Crippen LogP contribution in [0, 0.1) is 0 Å². The Labute approximate surface area is 244 Å². The number of methoxy groups -OCH3 is 2. The Morgan fingerprint density at radius 1 is 0.930 bits per heavy atom. The van der Waals surface area contributed by atoms with Crippen LogP contribution in [0.3, 0.4) is 0 Å². The number of hydrogen-bond donors (Lipinski definition) is 4. The Bertz CT molecular complexity index is 1720. The van der Waals surface area contributed by atoms with Gasteiger partial charge in [0.05, 0.1) is 32.5 Å². The van der Waals surface area contributed by atoms with Crippen molar-refractivity contribution in [1.29, 1.82) is 0 Å². The highest BCUT2D eigenvalue weighted by Crippen LogP contribution is 2.39. The molecule has 0 aliphatic rings. The third-order valence-corrected chi connectivity index (χ3v) is 6.21. The van der Waals surface area contributed by atoms with Crippen molar-refractivity contribution in [3.8, 4) is 22.6 Å². The maximum Gasteiger partial charge on any atom is 0.490 e. The summed E-state index contributed by atoms with van der Waals surface area (Å²) >= 11 is 0. The summed E-state index contributed by atoms with van der Waals surface area (Å²) in [5, 5.41) is 14.6. The van der Waals surface area contributed by atoms with E-state index in [0.29, 0.717) is 17.2 Å². The summed E-state index contributed by atoms with van der Waals surface area (Å²) in [6.45, 7) is 0. The van der Waals surface area contributed by atoms with E-state index >= 15 is 0 Å². The van der Waals surface area contributed by atoms with Gasteiger partial charge < -0.3 is 30.2 Å². The molecule has 43 heavy (non-hydrogen) atoms. The number of para-hydroxylation sites is 1. The summed E-state index contributed by atoms with van der Waals surface area (Å²) in [6.07, 6.45) is 0.552. The predicted molar refractivity (Wildman–Crippen MR) is 157 cm³/mol. The molecule has 3 aromatic carbocycles. The number of halogens is 3. The smallest absolute Gasteiger partial charge is 0.490 e. The van der Waals surface area contributed by atoms with Gasteiger partial charge in [-0.2, -0.15) is 13.2 Å². The van der Waals surface area contributed by atoms with Crippen molar-refractivity contribution in [2.24, 2.45) is 0 Å². The molecule has 4 N–H and O–H groups in total. The number of carboxylic acids is 1. The number of nitrogens with zero attached hydrogens (tertiary/aromatic N) is 1. The summed E-state index contributed by atoms with van der Waals surface area (Å²) in [5.74, 6) is -1.50. The number of aromatic amines is 1. The maximum atomic E-state index is 13.0. The van der Waals surface area contributed by atoms with Crippen LogP contribution in [-0.4, -0.2) is 47.3 Å². The van der Waals surface area contributed by atoms with Gasteiger partial charge in [0.2, 0.25) is 5.91 Å². The lowest BCUT2D eigenvalue weighted by Gasteiger charge is -2.17. The van der Waals surface area contributed by atoms with Crippen LogP contribution in [0.4, 0.5) is 30.2 Å². The average Bonchev–Trinajstić information content (AvgIpc) is 3.40. The lowest BCUT2D eigenvalue weighted by atomic mass is 10.0. The van der Waals surface area contributed by atoms with Gasteiger partial charge in [0.15, 0.2) is 0 Å². The number of benzene rings is 3. The fourth-order valence-corrected chi connectivity index (χ4v) is 4.22. The number of aromatic nitrogens is 2. The molecule has 0 aliphatic heterocycles. The van der Waals surface area contributed by atoms with E-state index in [9.17, 15) is 18.0 Å². The number of rotatable bonds is 8. The van der Waals surface area contributed by atoms with Crippen molar-refractivity contribution in [3.05, 3.63) is 97.0 Å². The molecule has 0 bridgehead atoms. The van der Waals surface area contributed by atoms with E-state index in [1.54, 1.807) is 26.6 Å². The first-order chi connectivity index (χ1) is 20.6. The van der Waals surface area contributed by atoms with Crippen molar-refractivity contribution in [1.82, 2.24) is 9.97 Å². The lowest BCUT2D eigenvalue weighted by Crippen LogP contribution is -2.21. The Kier molecular flexibility index (Phi) is 9.51. The number of alkyl halides is 3. The van der Waals surface area contributed by atoms with Crippen molar-refractivity contribution < 1.29 is 37.3 Å². The molecule has 5 rings (SSSR count). The van der Waals surface area contributed by atoms with Gasteiger partial charge in [-0.05, 0) is 54.1 Å². The van der Waals surface area contributed by atoms with Crippen LogP contribution in [-0.2, 0) is 16.0 Å². The van der Waals surface area contributed by atoms with Gasteiger partial charge in [0, 0.05) is 51.9 Å². The number of amides is 1. The summed E-state index contributed by atoms with van der Waals surface area (Å²) < 4.78 is 42.8. The van der Waals surface area contributed by atoms with Crippen molar-refractivity contribution in [2.45, 2.75) is 12.6 Å². The molecule has 0 radical (unpaired) electrons. The monoisotopic (exact) mass is 592 g/mol. The number of H-pyrrole nitrogens is 1. The van der Waals surface area contributed by atoms with Crippen LogP contribution in [0.25, 0.3) is 22.0 Å². The molecule has 222 valence electrons. The highest BCUT2D eigenvalue weighted by molar-refractivity contribution is 5.97. The van der Waals surface area contributed by atoms with Crippen LogP contribution < -0.4 is 20.1 Å². The molecule has 1 amide bonds. The van der Waals surface area contributed by atoms with Crippen LogP contribution in [0.15, 0.2) is 91.4 Å². The zero-order valence-corrected chi connectivity index (χ0v) is 23.0. The Balaban J connectivity index is 0.000000541. The number of fused-ring (bicyclic) bond motifs is 1. The van der Waals surface area contributed by atoms with Gasteiger partial charge >= 0.3 is 12.1 Å². The molecule has 0 atom stereocenters. The molecule has 0 aliphatic carbocycles. The maximum absolute atomic E-state index is 13.0. The van der Waals surface area contributed by atoms with Crippen molar-refractivity contribution >= 4 is 39.8 Å². The largest absolute Gasteiger partial charge is 0.497 e. The van der Waals surface area contributed by atoms with Crippen LogP contribution >= 0.6 is 0 Å². The molecule has 9 nitrogen and oxygen atoms in total. The van der Waals surface area contributed by atoms with Gasteiger partial charge in [-0.1, -0.05) is 18.2 Å². The van der Waals surface area contributed by atoms with E-state index in [4.69, 9.17) is 19.4 Å². The molecule has 0 fully saturated rings. The fraction of sp³-hybridized carbons (Fsp3) is 0.129. The lowest BCUT2D eigenvalue weighted by molar-refractivity contribution is -0.192. The predicted octanol–water partition coefficient (Wildman–Crippen LogP) is 6.81. The minimum atomic E-state index is -5.08. The second-order valence-electron chi connectivity index (χ2n) is 9.08. The van der Waals surface area contributed by atoms with Gasteiger partial charge in [-0.3, -0.25) is 9.78 Å². The number of nitrogens with one attached hydrogen (secondary N) is 3. The third kappa shape index (κ3) is 7.82. The van der Waals surface area contributed by atoms with E-state index < -0.39 is 12.1 Å². The zero-order chi connectivity index (χ0) is 31.0. The topological polar surface area (TPSA) is 126 Å². The van der Waals surface area contributed by atoms with E-state index in [-0.39, 0.29) is 12.3 Å². The first-order valence-electron chi connectivity index (χ1n) is 12.8. The van der Waals surface area contributed by atoms with Crippen LogP contribution in [0.1, 0.15) is 5.56 Å². The SMILES string of the molecule is COc1ccc(-c2cc(NC(=O)Cc3c[nH]c4ccccc34)ccc2Nc2cccnc2)c(OC)c1.O=C(O)C(F)(F)F. The normalized spacial score (nSPS) is 10.8. The molecular formula is C31H27F3N4O5. The number of hydrogen-bond acceptors (Lipinski definition) is 6. The van der Waals surface area contributed by atoms with Gasteiger partial charge in [-0.15, -0.1) is 0 Å². The van der Waals surface area contributed by atoms with Gasteiger partial charge in [-0.25, -0.2) is 4.79 Å². The zero-order valence-electron chi connectivity index (χ0n) is 23.0. The quantitative estimate of drug-likeness (QED) is 0.156. The van der Waals surface area contributed by atoms with E-state index in [0.717, 1.165) is 39.0 Å². The molecule has 2 heterocycles. The second kappa shape index (κ2) is 13.4. The number of carbonyl (C=O) groups is 2. The number of carboxylic acid groups (broad SMARTS) is 1. The number of anilines is 3. The van der Waals surface area contributed by atoms with Crippen LogP contribution in [0.5, 0.6) is 11.5 Å². The fourth-order valence-electron chi connectivity index (χ4n) is 4.22. The van der Waals surface area contributed by atoms with E-state index in [1.807, 2.05) is 79.0 Å². The Morgan fingerprint density at radius 3 is 2.37 bits per heavy atom. The Hall–Kier alpha value is -5.52. The molecule has 0 saturated heterocycles. The minimum Gasteiger partial charge on any atom is -0.497 e. The van der Waals surface area contributed by atoms with E-state index in [1.165, 1.54) is 0 Å². The first-order valence-corrected chi connectivity index (χ1v) is 12.8. The summed E-state index contributed by atoms with van der Waals surface area (Å²) in [7, 11) is 3.24. The highest BCUT2D eigenvalue weighted by atomic mass is 19.4. The van der Waals surface area contributed by atoms with Gasteiger partial charge in [0.25, 0.3) is 0 Å². The number of ether oxygens (including phenoxy) is 2. The molecular weight excluding hydrogens is 565 g/mol. The van der Waals surface area contributed by atoms with Crippen molar-refractivity contribution in [2.75, 3.05) is 24.9 Å². The van der Waals surface area contributed by atoms with Gasteiger partial charge in [0.1, 0.15) is 11.5 Å². The molecule has 5 aromatic rings. The first kappa shape index (κ1) is 30.4. The average molecular weight is 593 g/mol. The molecule has 0 saturated carbocycles. The van der Waals surface area contributed by atoms with E-state index in [2.05, 4.69) is 20.6 Å². The molecule has 0 spiro atoms. The molecule has 2 aromatic heterocycles. The number of aliphatic carboxylic acids is 1. The summed E-state index contributed by atoms with van der Waals surface area (Å²) in [5.41, 5.74) is 6.07.